The molecule has 0 aromatic heterocycles. The van der Waals surface area contributed by atoms with E-state index in [4.69, 9.17) is 11.6 Å². The number of hydrogen-bond donors (Lipinski definition) is 0. The third kappa shape index (κ3) is 8.64. The van der Waals surface area contributed by atoms with Crippen molar-refractivity contribution in [1.29, 1.82) is 0 Å². The minimum absolute atomic E-state index is 0.0384. The Kier molecular flexibility index (Phi) is 11.0. The number of nitrogens with zero attached hydrogens (tertiary/aromatic N) is 3. The highest BCUT2D eigenvalue weighted by molar-refractivity contribution is 7.91. The van der Waals surface area contributed by atoms with E-state index in [2.05, 4.69) is 0 Å². The van der Waals surface area contributed by atoms with Crippen LogP contribution in [0.5, 0.6) is 0 Å². The summed E-state index contributed by atoms with van der Waals surface area (Å²) in [6.07, 6.45) is -16.4. The van der Waals surface area contributed by atoms with Gasteiger partial charge in [0, 0.05) is 35.4 Å². The van der Waals surface area contributed by atoms with Gasteiger partial charge in [0.2, 0.25) is 5.91 Å². The fraction of sp³-hybridized carbons (Fsp3) is 0.548. The first-order valence-corrected chi connectivity index (χ1v) is 17.2. The number of carbonyl (C=O) groups is 2. The van der Waals surface area contributed by atoms with Crippen LogP contribution < -0.4 is 4.90 Å². The van der Waals surface area contributed by atoms with Crippen molar-refractivity contribution in [2.45, 2.75) is 87.1 Å². The average Bonchev–Trinajstić information content (AvgIpc) is 3.35. The van der Waals surface area contributed by atoms with Gasteiger partial charge < -0.3 is 9.80 Å². The Bertz CT molecular complexity index is 1610. The van der Waals surface area contributed by atoms with Crippen LogP contribution in [0.2, 0.25) is 5.02 Å². The summed E-state index contributed by atoms with van der Waals surface area (Å²) >= 11 is 5.90. The Morgan fingerprint density at radius 3 is 1.96 bits per heavy atom. The van der Waals surface area contributed by atoms with Gasteiger partial charge in [0.15, 0.2) is 9.84 Å². The predicted molar refractivity (Wildman–Crippen MR) is 161 cm³/mol. The molecule has 1 saturated heterocycles. The first-order valence-electron chi connectivity index (χ1n) is 15.1. The van der Waals surface area contributed by atoms with E-state index in [0.717, 1.165) is 4.90 Å². The molecule has 4 atom stereocenters. The molecule has 1 heterocycles. The Labute approximate surface area is 281 Å². The topological polar surface area (TPSA) is 78.0 Å². The number of amides is 2. The quantitative estimate of drug-likeness (QED) is 0.267. The zero-order valence-corrected chi connectivity index (χ0v) is 27.9. The molecule has 2 amide bonds. The summed E-state index contributed by atoms with van der Waals surface area (Å²) in [5.74, 6) is -5.24. The lowest BCUT2D eigenvalue weighted by atomic mass is 9.81. The average molecular weight is 750 g/mol. The molecule has 2 aliphatic rings. The predicted octanol–water partition coefficient (Wildman–Crippen LogP) is 7.23. The molecule has 0 unspecified atom stereocenters. The molecule has 7 nitrogen and oxygen atoms in total. The van der Waals surface area contributed by atoms with Crippen molar-refractivity contribution in [2.24, 2.45) is 5.92 Å². The maximum absolute atomic E-state index is 13.9. The van der Waals surface area contributed by atoms with E-state index in [1.165, 1.54) is 24.3 Å². The highest BCUT2D eigenvalue weighted by Gasteiger charge is 2.52. The maximum Gasteiger partial charge on any atom is 0.471 e. The summed E-state index contributed by atoms with van der Waals surface area (Å²) in [5, 5.41) is 0.280. The minimum Gasteiger partial charge on any atom is -0.338 e. The molecule has 4 rings (SSSR count). The number of sulfone groups is 1. The second kappa shape index (κ2) is 13.9. The molecule has 49 heavy (non-hydrogen) atoms. The molecule has 2 aromatic rings. The van der Waals surface area contributed by atoms with Crippen molar-refractivity contribution in [1.82, 2.24) is 9.80 Å². The SMILES string of the molecule is CC(C)N(C)[C@@H]1CC[C@H](N2CC[C@H](N(C(=O)C(F)(F)F)c3cc(C(F)(F)F)cc(C(F)(F)F)c3)C2=O)[C@@H](CS(=O)(=O)c2ccc(Cl)cc2)C1. The maximum atomic E-state index is 13.9. The second-order valence-electron chi connectivity index (χ2n) is 12.6. The zero-order valence-electron chi connectivity index (χ0n) is 26.3. The number of likely N-dealkylation sites (tertiary alicyclic amines) is 1. The number of carbonyl (C=O) groups excluding carboxylic acids is 2. The lowest BCUT2D eigenvalue weighted by Crippen LogP contribution is -2.55. The smallest absolute Gasteiger partial charge is 0.338 e. The molecule has 0 bridgehead atoms. The normalized spacial score (nSPS) is 22.7. The number of rotatable bonds is 8. The van der Waals surface area contributed by atoms with E-state index < -0.39 is 87.2 Å². The van der Waals surface area contributed by atoms with Crippen LogP contribution in [0.3, 0.4) is 0 Å². The number of halogens is 10. The molecule has 1 aliphatic heterocycles. The molecule has 1 saturated carbocycles. The van der Waals surface area contributed by atoms with Gasteiger partial charge in [-0.05, 0) is 95.0 Å². The Balaban J connectivity index is 1.75. The first kappa shape index (κ1) is 38.7. The van der Waals surface area contributed by atoms with E-state index in [1.807, 2.05) is 25.8 Å². The van der Waals surface area contributed by atoms with Gasteiger partial charge in [0.25, 0.3) is 0 Å². The van der Waals surface area contributed by atoms with Gasteiger partial charge in [-0.1, -0.05) is 11.6 Å². The van der Waals surface area contributed by atoms with Crippen molar-refractivity contribution in [3.05, 3.63) is 58.6 Å². The van der Waals surface area contributed by atoms with E-state index in [-0.39, 0.29) is 64.5 Å². The van der Waals surface area contributed by atoms with Crippen molar-refractivity contribution in [2.75, 3.05) is 24.2 Å². The Morgan fingerprint density at radius 1 is 0.918 bits per heavy atom. The summed E-state index contributed by atoms with van der Waals surface area (Å²) in [5.41, 5.74) is -5.35. The Hall–Kier alpha value is -3.05. The summed E-state index contributed by atoms with van der Waals surface area (Å²) in [6, 6.07) is 1.86. The van der Waals surface area contributed by atoms with Gasteiger partial charge in [-0.15, -0.1) is 0 Å². The van der Waals surface area contributed by atoms with Crippen molar-refractivity contribution >= 4 is 38.9 Å². The lowest BCUT2D eigenvalue weighted by Gasteiger charge is -2.44. The van der Waals surface area contributed by atoms with E-state index in [9.17, 15) is 57.5 Å². The van der Waals surface area contributed by atoms with Gasteiger partial charge in [0.05, 0.1) is 21.8 Å². The van der Waals surface area contributed by atoms with Gasteiger partial charge in [-0.25, -0.2) is 8.42 Å². The van der Waals surface area contributed by atoms with Crippen molar-refractivity contribution < 1.29 is 57.5 Å². The second-order valence-corrected chi connectivity index (χ2v) is 15.0. The van der Waals surface area contributed by atoms with Crippen molar-refractivity contribution in [3.63, 3.8) is 0 Å². The van der Waals surface area contributed by atoms with Crippen LogP contribution in [0.1, 0.15) is 50.7 Å². The monoisotopic (exact) mass is 749 g/mol. The molecule has 1 aliphatic carbocycles. The summed E-state index contributed by atoms with van der Waals surface area (Å²) in [4.78, 5) is 29.3. The van der Waals surface area contributed by atoms with Crippen LogP contribution in [0.15, 0.2) is 47.4 Å². The third-order valence-corrected chi connectivity index (χ3v) is 11.3. The number of anilines is 1. The van der Waals surface area contributed by atoms with Crippen LogP contribution in [0, 0.1) is 5.92 Å². The first-order chi connectivity index (χ1) is 22.4. The molecule has 2 fully saturated rings. The molecule has 0 radical (unpaired) electrons. The third-order valence-electron chi connectivity index (χ3n) is 9.15. The Morgan fingerprint density at radius 2 is 1.47 bits per heavy atom. The van der Waals surface area contributed by atoms with Crippen molar-refractivity contribution in [3.8, 4) is 0 Å². The molecule has 0 N–H and O–H groups in total. The fourth-order valence-corrected chi connectivity index (χ4v) is 8.32. The van der Waals surface area contributed by atoms with Crippen LogP contribution in [-0.4, -0.2) is 79.7 Å². The lowest BCUT2D eigenvalue weighted by molar-refractivity contribution is -0.171. The van der Waals surface area contributed by atoms with Gasteiger partial charge in [-0.2, -0.15) is 39.5 Å². The molecular weight excluding hydrogens is 717 g/mol. The summed E-state index contributed by atoms with van der Waals surface area (Å²) in [6.45, 7) is 3.51. The molecular formula is C31H33ClF9N3O4S. The van der Waals surface area contributed by atoms with Crippen LogP contribution in [0.4, 0.5) is 45.2 Å². The van der Waals surface area contributed by atoms with Gasteiger partial charge >= 0.3 is 24.4 Å². The van der Waals surface area contributed by atoms with Crippen LogP contribution in [0.25, 0.3) is 0 Å². The van der Waals surface area contributed by atoms with E-state index in [1.54, 1.807) is 0 Å². The standard InChI is InChI=1S/C31H33ClF9N3O4S/c1-17(2)42(3)22-6-9-25(18(12-22)16-49(47,48)24-7-4-21(32)5-8-24)43-11-10-26(27(43)45)44(28(46)31(39,40)41)23-14-19(29(33,34)35)13-20(15-23)30(36,37)38/h4-5,7-8,13-15,17-18,22,25-26H,6,9-12,16H2,1-3H3/t18-,22-,25+,26+/m1/s1. The van der Waals surface area contributed by atoms with Gasteiger partial charge in [0.1, 0.15) is 6.04 Å². The molecule has 18 heteroatoms. The molecule has 2 aromatic carbocycles. The zero-order chi connectivity index (χ0) is 36.9. The van der Waals surface area contributed by atoms with Crippen LogP contribution >= 0.6 is 11.6 Å². The minimum atomic E-state index is -5.78. The summed E-state index contributed by atoms with van der Waals surface area (Å²) < 4.78 is 150. The molecule has 0 spiro atoms. The largest absolute Gasteiger partial charge is 0.471 e. The van der Waals surface area contributed by atoms with Crippen LogP contribution in [-0.2, 0) is 31.8 Å². The molecule has 272 valence electrons. The highest BCUT2D eigenvalue weighted by atomic mass is 35.5. The number of alkyl halides is 9. The number of benzene rings is 2. The van der Waals surface area contributed by atoms with E-state index >= 15 is 0 Å². The summed E-state index contributed by atoms with van der Waals surface area (Å²) in [7, 11) is -2.17. The van der Waals surface area contributed by atoms with Gasteiger partial charge in [-0.3, -0.25) is 14.5 Å². The fourth-order valence-electron chi connectivity index (χ4n) is 6.53. The number of hydrogen-bond acceptors (Lipinski definition) is 5. The highest BCUT2D eigenvalue weighted by Crippen LogP contribution is 2.42. The van der Waals surface area contributed by atoms with E-state index in [0.29, 0.717) is 6.42 Å².